The van der Waals surface area contributed by atoms with Gasteiger partial charge in [-0.25, -0.2) is 0 Å². The van der Waals surface area contributed by atoms with Crippen molar-refractivity contribution in [3.8, 4) is 11.4 Å². The van der Waals surface area contributed by atoms with Gasteiger partial charge in [0.05, 0.1) is 18.6 Å². The molecule has 34 heavy (non-hydrogen) atoms. The van der Waals surface area contributed by atoms with Gasteiger partial charge in [0.1, 0.15) is 12.1 Å². The maximum absolute atomic E-state index is 12.9. The zero-order chi connectivity index (χ0) is 23.7. The maximum atomic E-state index is 12.9. The first-order valence-corrected chi connectivity index (χ1v) is 12.6. The Morgan fingerprint density at radius 1 is 1.24 bits per heavy atom. The number of methoxy groups -OCH3 is 1. The number of carbonyl (C=O) groups excluding carboxylic acids is 1. The SMILES string of the molecule is COc1ccc2[nH]cc(C3CCN(C(=O)CSc4nncn4-c4ccc(C)c(Cl)c4)CC3)c2c1. The second-order valence-electron chi connectivity index (χ2n) is 8.52. The highest BCUT2D eigenvalue weighted by molar-refractivity contribution is 7.99. The van der Waals surface area contributed by atoms with E-state index < -0.39 is 0 Å². The van der Waals surface area contributed by atoms with Crippen LogP contribution in [-0.4, -0.2) is 56.5 Å². The minimum absolute atomic E-state index is 0.125. The molecule has 4 aromatic rings. The van der Waals surface area contributed by atoms with E-state index in [0.717, 1.165) is 48.4 Å². The monoisotopic (exact) mass is 495 g/mol. The molecule has 2 aromatic heterocycles. The van der Waals surface area contributed by atoms with Crippen LogP contribution in [0.3, 0.4) is 0 Å². The Morgan fingerprint density at radius 2 is 2.06 bits per heavy atom. The van der Waals surface area contributed by atoms with E-state index in [0.29, 0.717) is 21.8 Å². The number of nitrogens with one attached hydrogen (secondary N) is 1. The van der Waals surface area contributed by atoms with E-state index in [2.05, 4.69) is 33.5 Å². The average molecular weight is 496 g/mol. The lowest BCUT2D eigenvalue weighted by molar-refractivity contribution is -0.129. The average Bonchev–Trinajstić information content (AvgIpc) is 3.51. The quantitative estimate of drug-likeness (QED) is 0.371. The molecule has 1 fully saturated rings. The van der Waals surface area contributed by atoms with E-state index in [1.165, 1.54) is 22.7 Å². The van der Waals surface area contributed by atoms with Crippen LogP contribution in [0.1, 0.15) is 29.9 Å². The highest BCUT2D eigenvalue weighted by Crippen LogP contribution is 2.35. The number of hydrogen-bond acceptors (Lipinski definition) is 5. The topological polar surface area (TPSA) is 76.0 Å². The van der Waals surface area contributed by atoms with Crippen LogP contribution in [0.15, 0.2) is 54.1 Å². The number of nitrogens with zero attached hydrogens (tertiary/aromatic N) is 4. The molecule has 1 saturated heterocycles. The number of H-pyrrole nitrogens is 1. The lowest BCUT2D eigenvalue weighted by atomic mass is 9.89. The van der Waals surface area contributed by atoms with Crippen LogP contribution in [0.2, 0.25) is 5.02 Å². The molecule has 1 aliphatic rings. The number of aromatic nitrogens is 4. The Kier molecular flexibility index (Phi) is 6.52. The van der Waals surface area contributed by atoms with Gasteiger partial charge in [-0.3, -0.25) is 9.36 Å². The van der Waals surface area contributed by atoms with E-state index in [1.807, 2.05) is 40.7 Å². The zero-order valence-corrected chi connectivity index (χ0v) is 20.7. The zero-order valence-electron chi connectivity index (χ0n) is 19.1. The standard InChI is InChI=1S/C25H26ClN5O2S/c1-16-3-4-18(11-22(16)26)31-15-28-29-25(31)34-14-24(32)30-9-7-17(8-10-30)21-13-27-23-6-5-19(33-2)12-20(21)23/h3-6,11-13,15,17,27H,7-10,14H2,1-2H3. The molecule has 0 spiro atoms. The molecule has 1 amide bonds. The van der Waals surface area contributed by atoms with Gasteiger partial charge in [-0.05, 0) is 67.1 Å². The first kappa shape index (κ1) is 22.8. The van der Waals surface area contributed by atoms with Gasteiger partial charge in [0, 0.05) is 35.2 Å². The predicted molar refractivity (Wildman–Crippen MR) is 135 cm³/mol. The van der Waals surface area contributed by atoms with Gasteiger partial charge < -0.3 is 14.6 Å². The van der Waals surface area contributed by atoms with Crippen molar-refractivity contribution in [2.24, 2.45) is 0 Å². The third-order valence-electron chi connectivity index (χ3n) is 6.48. The summed E-state index contributed by atoms with van der Waals surface area (Å²) in [5.74, 6) is 1.74. The van der Waals surface area contributed by atoms with Gasteiger partial charge in [-0.1, -0.05) is 29.4 Å². The molecule has 0 saturated carbocycles. The summed E-state index contributed by atoms with van der Waals surface area (Å²) in [6.07, 6.45) is 5.64. The molecule has 0 radical (unpaired) electrons. The first-order valence-electron chi connectivity index (χ1n) is 11.3. The Hall–Kier alpha value is -2.97. The lowest BCUT2D eigenvalue weighted by Crippen LogP contribution is -2.38. The van der Waals surface area contributed by atoms with Gasteiger partial charge in [0.15, 0.2) is 5.16 Å². The second-order valence-corrected chi connectivity index (χ2v) is 9.87. The number of likely N-dealkylation sites (tertiary alicyclic amines) is 1. The Balaban J connectivity index is 1.20. The van der Waals surface area contributed by atoms with Crippen LogP contribution < -0.4 is 4.74 Å². The molecular formula is C25H26ClN5O2S. The van der Waals surface area contributed by atoms with Crippen molar-refractivity contribution in [1.82, 2.24) is 24.6 Å². The van der Waals surface area contributed by atoms with Crippen LogP contribution in [0.25, 0.3) is 16.6 Å². The molecule has 1 aliphatic heterocycles. The summed E-state index contributed by atoms with van der Waals surface area (Å²) in [7, 11) is 1.69. The number of carbonyl (C=O) groups is 1. The Labute approximate surface area is 207 Å². The summed E-state index contributed by atoms with van der Waals surface area (Å²) in [6.45, 7) is 3.47. The Bertz CT molecular complexity index is 1330. The normalized spacial score (nSPS) is 14.6. The van der Waals surface area contributed by atoms with Crippen molar-refractivity contribution < 1.29 is 9.53 Å². The van der Waals surface area contributed by atoms with Gasteiger partial charge in [-0.2, -0.15) is 0 Å². The fourth-order valence-electron chi connectivity index (χ4n) is 4.48. The second kappa shape index (κ2) is 9.72. The molecule has 2 aromatic carbocycles. The third kappa shape index (κ3) is 4.52. The number of piperidine rings is 1. The molecule has 0 atom stereocenters. The fraction of sp³-hybridized carbons (Fsp3) is 0.320. The molecule has 3 heterocycles. The Morgan fingerprint density at radius 3 is 2.82 bits per heavy atom. The summed E-state index contributed by atoms with van der Waals surface area (Å²) in [4.78, 5) is 18.3. The van der Waals surface area contributed by atoms with Crippen molar-refractivity contribution in [2.45, 2.75) is 30.8 Å². The van der Waals surface area contributed by atoms with Gasteiger partial charge in [0.2, 0.25) is 5.91 Å². The first-order chi connectivity index (χ1) is 16.5. The van der Waals surface area contributed by atoms with Crippen molar-refractivity contribution >= 4 is 40.2 Å². The molecule has 0 unspecified atom stereocenters. The van der Waals surface area contributed by atoms with Crippen molar-refractivity contribution in [3.05, 3.63) is 65.1 Å². The summed E-state index contributed by atoms with van der Waals surface area (Å²) >= 11 is 7.68. The molecule has 9 heteroatoms. The summed E-state index contributed by atoms with van der Waals surface area (Å²) < 4.78 is 7.26. The van der Waals surface area contributed by atoms with Gasteiger partial charge in [0.25, 0.3) is 0 Å². The van der Waals surface area contributed by atoms with Gasteiger partial charge >= 0.3 is 0 Å². The van der Waals surface area contributed by atoms with Crippen molar-refractivity contribution in [2.75, 3.05) is 26.0 Å². The van der Waals surface area contributed by atoms with Crippen LogP contribution in [0, 0.1) is 6.92 Å². The summed E-state index contributed by atoms with van der Waals surface area (Å²) in [5.41, 5.74) is 4.31. The number of hydrogen-bond donors (Lipinski definition) is 1. The van der Waals surface area contributed by atoms with E-state index >= 15 is 0 Å². The van der Waals surface area contributed by atoms with Crippen LogP contribution in [0.4, 0.5) is 0 Å². The van der Waals surface area contributed by atoms with Gasteiger partial charge in [-0.15, -0.1) is 10.2 Å². The van der Waals surface area contributed by atoms with E-state index in [4.69, 9.17) is 16.3 Å². The highest BCUT2D eigenvalue weighted by Gasteiger charge is 2.26. The van der Waals surface area contributed by atoms with Crippen LogP contribution >= 0.6 is 23.4 Å². The van der Waals surface area contributed by atoms with E-state index in [-0.39, 0.29) is 5.91 Å². The van der Waals surface area contributed by atoms with Crippen LogP contribution in [-0.2, 0) is 4.79 Å². The number of fused-ring (bicyclic) bond motifs is 1. The minimum Gasteiger partial charge on any atom is -0.497 e. The minimum atomic E-state index is 0.125. The summed E-state index contributed by atoms with van der Waals surface area (Å²) in [6, 6.07) is 11.9. The lowest BCUT2D eigenvalue weighted by Gasteiger charge is -2.32. The van der Waals surface area contributed by atoms with E-state index in [1.54, 1.807) is 13.4 Å². The predicted octanol–water partition coefficient (Wildman–Crippen LogP) is 5.22. The number of ether oxygens (including phenoxy) is 1. The summed E-state index contributed by atoms with van der Waals surface area (Å²) in [5, 5.41) is 10.8. The van der Waals surface area contributed by atoms with Crippen molar-refractivity contribution in [1.29, 1.82) is 0 Å². The number of benzene rings is 2. The highest BCUT2D eigenvalue weighted by atomic mass is 35.5. The number of aryl methyl sites for hydroxylation is 1. The molecule has 0 aliphatic carbocycles. The molecule has 0 bridgehead atoms. The number of aromatic amines is 1. The number of thioether (sulfide) groups is 1. The number of halogens is 1. The molecule has 1 N–H and O–H groups in total. The molecule has 5 rings (SSSR count). The molecule has 7 nitrogen and oxygen atoms in total. The largest absolute Gasteiger partial charge is 0.497 e. The fourth-order valence-corrected chi connectivity index (χ4v) is 5.48. The molecular weight excluding hydrogens is 470 g/mol. The number of rotatable bonds is 6. The maximum Gasteiger partial charge on any atom is 0.233 e. The smallest absolute Gasteiger partial charge is 0.233 e. The van der Waals surface area contributed by atoms with Crippen LogP contribution in [0.5, 0.6) is 5.75 Å². The third-order valence-corrected chi connectivity index (χ3v) is 7.82. The van der Waals surface area contributed by atoms with E-state index in [9.17, 15) is 4.79 Å². The molecule has 176 valence electrons. The van der Waals surface area contributed by atoms with Crippen molar-refractivity contribution in [3.63, 3.8) is 0 Å². The number of amides is 1.